The SMILES string of the molecule is CCCNCC(C)CN(C)C1CCOCC1. The molecule has 0 aromatic heterocycles. The second-order valence-corrected chi connectivity index (χ2v) is 5.09. The highest BCUT2D eigenvalue weighted by atomic mass is 16.5. The van der Waals surface area contributed by atoms with E-state index in [1.54, 1.807) is 0 Å². The van der Waals surface area contributed by atoms with Crippen molar-refractivity contribution in [2.75, 3.05) is 39.9 Å². The van der Waals surface area contributed by atoms with E-state index < -0.39 is 0 Å². The minimum absolute atomic E-state index is 0.736. The average Bonchev–Trinajstić information content (AvgIpc) is 2.30. The number of nitrogens with zero attached hydrogens (tertiary/aromatic N) is 1. The first-order valence-electron chi connectivity index (χ1n) is 6.72. The van der Waals surface area contributed by atoms with Crippen molar-refractivity contribution in [3.63, 3.8) is 0 Å². The largest absolute Gasteiger partial charge is 0.381 e. The van der Waals surface area contributed by atoms with Gasteiger partial charge in [-0.2, -0.15) is 0 Å². The summed E-state index contributed by atoms with van der Waals surface area (Å²) in [4.78, 5) is 2.51. The Hall–Kier alpha value is -0.120. The number of ether oxygens (including phenoxy) is 1. The molecule has 0 amide bonds. The molecule has 3 nitrogen and oxygen atoms in total. The third-order valence-electron chi connectivity index (χ3n) is 3.33. The van der Waals surface area contributed by atoms with Gasteiger partial charge in [-0.1, -0.05) is 13.8 Å². The van der Waals surface area contributed by atoms with Gasteiger partial charge in [-0.05, 0) is 45.3 Å². The van der Waals surface area contributed by atoms with Crippen LogP contribution in [0.5, 0.6) is 0 Å². The summed E-state index contributed by atoms with van der Waals surface area (Å²) in [5.74, 6) is 0.736. The van der Waals surface area contributed by atoms with Gasteiger partial charge in [-0.25, -0.2) is 0 Å². The Balaban J connectivity index is 2.13. The highest BCUT2D eigenvalue weighted by molar-refractivity contribution is 4.73. The Morgan fingerprint density at radius 3 is 2.69 bits per heavy atom. The second-order valence-electron chi connectivity index (χ2n) is 5.09. The molecule has 0 bridgehead atoms. The first-order valence-corrected chi connectivity index (χ1v) is 6.72. The average molecular weight is 228 g/mol. The summed E-state index contributed by atoms with van der Waals surface area (Å²) in [6, 6.07) is 0.738. The minimum Gasteiger partial charge on any atom is -0.381 e. The fraction of sp³-hybridized carbons (Fsp3) is 1.00. The maximum atomic E-state index is 5.40. The molecule has 16 heavy (non-hydrogen) atoms. The Labute approximate surface area is 101 Å². The molecule has 1 unspecified atom stereocenters. The van der Waals surface area contributed by atoms with Gasteiger partial charge in [-0.3, -0.25) is 0 Å². The number of hydrogen-bond donors (Lipinski definition) is 1. The number of rotatable bonds is 7. The van der Waals surface area contributed by atoms with Crippen molar-refractivity contribution in [2.45, 2.75) is 39.2 Å². The molecule has 0 spiro atoms. The fourth-order valence-corrected chi connectivity index (χ4v) is 2.36. The molecule has 1 aliphatic heterocycles. The molecular weight excluding hydrogens is 200 g/mol. The van der Waals surface area contributed by atoms with Crippen LogP contribution in [-0.4, -0.2) is 50.8 Å². The van der Waals surface area contributed by atoms with E-state index in [0.717, 1.165) is 38.3 Å². The molecule has 1 fully saturated rings. The van der Waals surface area contributed by atoms with Gasteiger partial charge in [0.05, 0.1) is 0 Å². The van der Waals surface area contributed by atoms with E-state index in [-0.39, 0.29) is 0 Å². The predicted molar refractivity (Wildman–Crippen MR) is 68.8 cm³/mol. The van der Waals surface area contributed by atoms with Crippen molar-refractivity contribution in [1.29, 1.82) is 0 Å². The minimum atomic E-state index is 0.736. The quantitative estimate of drug-likeness (QED) is 0.672. The summed E-state index contributed by atoms with van der Waals surface area (Å²) in [7, 11) is 2.26. The van der Waals surface area contributed by atoms with Crippen LogP contribution in [0.3, 0.4) is 0 Å². The van der Waals surface area contributed by atoms with Crippen LogP contribution in [0.15, 0.2) is 0 Å². The lowest BCUT2D eigenvalue weighted by molar-refractivity contribution is 0.0390. The maximum absolute atomic E-state index is 5.40. The molecule has 0 aliphatic carbocycles. The summed E-state index contributed by atoms with van der Waals surface area (Å²) >= 11 is 0. The van der Waals surface area contributed by atoms with Crippen LogP contribution in [0.1, 0.15) is 33.1 Å². The normalized spacial score (nSPS) is 20.2. The highest BCUT2D eigenvalue weighted by Gasteiger charge is 2.19. The van der Waals surface area contributed by atoms with Crippen LogP contribution < -0.4 is 5.32 Å². The van der Waals surface area contributed by atoms with Crippen LogP contribution in [0.4, 0.5) is 0 Å². The second kappa shape index (κ2) is 8.04. The van der Waals surface area contributed by atoms with Gasteiger partial charge >= 0.3 is 0 Å². The third kappa shape index (κ3) is 5.28. The zero-order chi connectivity index (χ0) is 11.8. The summed E-state index contributed by atoms with van der Waals surface area (Å²) in [5.41, 5.74) is 0. The van der Waals surface area contributed by atoms with Crippen molar-refractivity contribution in [3.05, 3.63) is 0 Å². The lowest BCUT2D eigenvalue weighted by Gasteiger charge is -2.33. The van der Waals surface area contributed by atoms with Crippen molar-refractivity contribution in [3.8, 4) is 0 Å². The van der Waals surface area contributed by atoms with E-state index in [4.69, 9.17) is 4.74 Å². The zero-order valence-corrected chi connectivity index (χ0v) is 11.2. The van der Waals surface area contributed by atoms with Gasteiger partial charge < -0.3 is 15.0 Å². The smallest absolute Gasteiger partial charge is 0.0480 e. The lowest BCUT2D eigenvalue weighted by atomic mass is 10.1. The van der Waals surface area contributed by atoms with Crippen LogP contribution in [-0.2, 0) is 4.74 Å². The number of nitrogens with one attached hydrogen (secondary N) is 1. The highest BCUT2D eigenvalue weighted by Crippen LogP contribution is 2.13. The molecule has 0 aromatic rings. The van der Waals surface area contributed by atoms with Crippen molar-refractivity contribution in [1.82, 2.24) is 10.2 Å². The van der Waals surface area contributed by atoms with Crippen LogP contribution in [0, 0.1) is 5.92 Å². The van der Waals surface area contributed by atoms with Crippen molar-refractivity contribution in [2.24, 2.45) is 5.92 Å². The maximum Gasteiger partial charge on any atom is 0.0480 e. The molecule has 3 heteroatoms. The summed E-state index contributed by atoms with van der Waals surface area (Å²) in [5, 5.41) is 3.49. The van der Waals surface area contributed by atoms with Crippen molar-refractivity contribution < 1.29 is 4.74 Å². The molecule has 0 aromatic carbocycles. The topological polar surface area (TPSA) is 24.5 Å². The first-order chi connectivity index (χ1) is 7.74. The van der Waals surface area contributed by atoms with Crippen LogP contribution in [0.2, 0.25) is 0 Å². The fourth-order valence-electron chi connectivity index (χ4n) is 2.36. The molecule has 0 saturated carbocycles. The number of hydrogen-bond acceptors (Lipinski definition) is 3. The van der Waals surface area contributed by atoms with E-state index in [0.29, 0.717) is 0 Å². The molecule has 1 aliphatic rings. The molecule has 1 N–H and O–H groups in total. The molecule has 1 atom stereocenters. The molecule has 1 heterocycles. The Bertz CT molecular complexity index is 169. The van der Waals surface area contributed by atoms with E-state index in [2.05, 4.69) is 31.1 Å². The van der Waals surface area contributed by atoms with Gasteiger partial charge in [-0.15, -0.1) is 0 Å². The summed E-state index contributed by atoms with van der Waals surface area (Å²) < 4.78 is 5.40. The summed E-state index contributed by atoms with van der Waals surface area (Å²) in [6.45, 7) is 9.91. The molecule has 0 radical (unpaired) electrons. The Kier molecular flexibility index (Phi) is 7.01. The summed E-state index contributed by atoms with van der Waals surface area (Å²) in [6.07, 6.45) is 3.62. The zero-order valence-electron chi connectivity index (χ0n) is 11.2. The van der Waals surface area contributed by atoms with Crippen LogP contribution in [0.25, 0.3) is 0 Å². The van der Waals surface area contributed by atoms with Crippen molar-refractivity contribution >= 4 is 0 Å². The van der Waals surface area contributed by atoms with E-state index in [9.17, 15) is 0 Å². The van der Waals surface area contributed by atoms with E-state index in [1.807, 2.05) is 0 Å². The van der Waals surface area contributed by atoms with Crippen LogP contribution >= 0.6 is 0 Å². The first kappa shape index (κ1) is 13.9. The van der Waals surface area contributed by atoms with E-state index in [1.165, 1.54) is 25.8 Å². The molecule has 1 saturated heterocycles. The molecule has 1 rings (SSSR count). The predicted octanol–water partition coefficient (Wildman–Crippen LogP) is 1.73. The third-order valence-corrected chi connectivity index (χ3v) is 3.33. The Morgan fingerprint density at radius 2 is 2.06 bits per heavy atom. The van der Waals surface area contributed by atoms with Gasteiger partial charge in [0.25, 0.3) is 0 Å². The van der Waals surface area contributed by atoms with Gasteiger partial charge in [0, 0.05) is 25.8 Å². The van der Waals surface area contributed by atoms with Gasteiger partial charge in [0.15, 0.2) is 0 Å². The molecular formula is C13H28N2O. The monoisotopic (exact) mass is 228 g/mol. The Morgan fingerprint density at radius 1 is 1.38 bits per heavy atom. The van der Waals surface area contributed by atoms with Gasteiger partial charge in [0.2, 0.25) is 0 Å². The lowest BCUT2D eigenvalue weighted by Crippen LogP contribution is -2.40. The molecule has 96 valence electrons. The van der Waals surface area contributed by atoms with E-state index >= 15 is 0 Å². The standard InChI is InChI=1S/C13H28N2O/c1-4-7-14-10-12(2)11-15(3)13-5-8-16-9-6-13/h12-14H,4-11H2,1-3H3. The van der Waals surface area contributed by atoms with Gasteiger partial charge in [0.1, 0.15) is 0 Å².